The van der Waals surface area contributed by atoms with Crippen LogP contribution in [0.1, 0.15) is 18.7 Å². The standard InChI is InChI=1S/C21H19N3O4S/c1-24-18(22-16-8-3-2-7-15(16)20(24)26)12-28-14-6-4-5-13(9-10-14)11-17-19(25)23-21(27)29-17/h2-5,7-10,17H,6,11-12H2,1H3,(H,23,25,27). The molecule has 1 aliphatic heterocycles. The summed E-state index contributed by atoms with van der Waals surface area (Å²) in [4.78, 5) is 40.1. The molecule has 1 aromatic carbocycles. The first kappa shape index (κ1) is 19.2. The van der Waals surface area contributed by atoms with Crippen molar-refractivity contribution >= 4 is 33.8 Å². The van der Waals surface area contributed by atoms with Gasteiger partial charge in [-0.25, -0.2) is 4.98 Å². The Labute approximate surface area is 171 Å². The molecule has 2 aromatic rings. The van der Waals surface area contributed by atoms with Gasteiger partial charge in [0.05, 0.1) is 16.2 Å². The van der Waals surface area contributed by atoms with E-state index < -0.39 is 5.25 Å². The number of carbonyl (C=O) groups is 2. The van der Waals surface area contributed by atoms with E-state index in [1.54, 1.807) is 13.1 Å². The maximum atomic E-state index is 12.5. The van der Waals surface area contributed by atoms with Crippen LogP contribution in [-0.2, 0) is 23.2 Å². The largest absolute Gasteiger partial charge is 0.490 e. The average molecular weight is 409 g/mol. The molecule has 0 saturated carbocycles. The summed E-state index contributed by atoms with van der Waals surface area (Å²) < 4.78 is 7.40. The summed E-state index contributed by atoms with van der Waals surface area (Å²) in [6, 6.07) is 7.24. The van der Waals surface area contributed by atoms with Gasteiger partial charge in [0, 0.05) is 13.5 Å². The minimum absolute atomic E-state index is 0.104. The van der Waals surface area contributed by atoms with E-state index >= 15 is 0 Å². The fourth-order valence-electron chi connectivity index (χ4n) is 3.19. The fraction of sp³-hybridized carbons (Fsp3) is 0.238. The number of amides is 2. The number of fused-ring (bicyclic) bond motifs is 1. The lowest BCUT2D eigenvalue weighted by Gasteiger charge is -2.11. The molecule has 1 aliphatic carbocycles. The van der Waals surface area contributed by atoms with E-state index in [2.05, 4.69) is 10.3 Å². The second-order valence-electron chi connectivity index (χ2n) is 6.77. The minimum Gasteiger partial charge on any atom is -0.490 e. The fourth-order valence-corrected chi connectivity index (χ4v) is 4.04. The van der Waals surface area contributed by atoms with Gasteiger partial charge in [-0.05, 0) is 30.2 Å². The van der Waals surface area contributed by atoms with E-state index in [0.717, 1.165) is 23.1 Å². The van der Waals surface area contributed by atoms with Crippen LogP contribution >= 0.6 is 11.8 Å². The number of allylic oxidation sites excluding steroid dienone is 5. The van der Waals surface area contributed by atoms with Crippen molar-refractivity contribution in [3.05, 3.63) is 76.1 Å². The Morgan fingerprint density at radius 2 is 2.07 bits per heavy atom. The monoisotopic (exact) mass is 409 g/mol. The molecule has 2 aliphatic rings. The van der Waals surface area contributed by atoms with Crippen LogP contribution in [-0.4, -0.2) is 25.9 Å². The van der Waals surface area contributed by atoms with Crippen LogP contribution < -0.4 is 10.9 Å². The Balaban J connectivity index is 1.46. The van der Waals surface area contributed by atoms with Gasteiger partial charge in [-0.15, -0.1) is 0 Å². The molecule has 2 heterocycles. The topological polar surface area (TPSA) is 90.3 Å². The first-order valence-electron chi connectivity index (χ1n) is 9.16. The first-order valence-corrected chi connectivity index (χ1v) is 10.0. The van der Waals surface area contributed by atoms with Crippen molar-refractivity contribution in [1.82, 2.24) is 14.9 Å². The number of aromatic nitrogens is 2. The van der Waals surface area contributed by atoms with Crippen LogP contribution in [0.15, 0.2) is 64.7 Å². The van der Waals surface area contributed by atoms with E-state index in [1.807, 2.05) is 42.5 Å². The number of nitrogens with one attached hydrogen (secondary N) is 1. The zero-order valence-corrected chi connectivity index (χ0v) is 16.6. The van der Waals surface area contributed by atoms with Crippen molar-refractivity contribution in [3.8, 4) is 0 Å². The Hall–Kier alpha value is -3.13. The number of ether oxygens (including phenoxy) is 1. The van der Waals surface area contributed by atoms with E-state index in [9.17, 15) is 14.4 Å². The predicted octanol–water partition coefficient (Wildman–Crippen LogP) is 2.96. The molecule has 1 atom stereocenters. The van der Waals surface area contributed by atoms with Gasteiger partial charge in [-0.1, -0.05) is 42.1 Å². The van der Waals surface area contributed by atoms with Crippen molar-refractivity contribution in [3.63, 3.8) is 0 Å². The van der Waals surface area contributed by atoms with Gasteiger partial charge in [0.2, 0.25) is 5.91 Å². The number of rotatable bonds is 5. The lowest BCUT2D eigenvalue weighted by atomic mass is 10.1. The summed E-state index contributed by atoms with van der Waals surface area (Å²) >= 11 is 1.02. The average Bonchev–Trinajstić information content (AvgIpc) is 2.89. The summed E-state index contributed by atoms with van der Waals surface area (Å²) in [6.07, 6.45) is 8.70. The maximum absolute atomic E-state index is 12.5. The number of hydrogen-bond donors (Lipinski definition) is 1. The molecule has 1 N–H and O–H groups in total. The van der Waals surface area contributed by atoms with Crippen LogP contribution in [0.5, 0.6) is 0 Å². The molecular weight excluding hydrogens is 390 g/mol. The lowest BCUT2D eigenvalue weighted by Crippen LogP contribution is -2.24. The third kappa shape index (κ3) is 4.17. The van der Waals surface area contributed by atoms with Crippen LogP contribution in [0.2, 0.25) is 0 Å². The summed E-state index contributed by atoms with van der Waals surface area (Å²) in [5.41, 5.74) is 1.49. The smallest absolute Gasteiger partial charge is 0.286 e. The van der Waals surface area contributed by atoms with E-state index in [0.29, 0.717) is 29.6 Å². The van der Waals surface area contributed by atoms with Gasteiger partial charge >= 0.3 is 0 Å². The molecule has 1 aromatic heterocycles. The maximum Gasteiger partial charge on any atom is 0.286 e. The highest BCUT2D eigenvalue weighted by molar-refractivity contribution is 8.15. The molecule has 1 unspecified atom stereocenters. The number of nitrogens with zero attached hydrogens (tertiary/aromatic N) is 2. The molecule has 8 heteroatoms. The zero-order valence-electron chi connectivity index (χ0n) is 15.8. The molecular formula is C21H19N3O4S. The Bertz CT molecular complexity index is 1150. The lowest BCUT2D eigenvalue weighted by molar-refractivity contribution is -0.118. The normalized spacial score (nSPS) is 19.0. The molecule has 0 bridgehead atoms. The second kappa shape index (κ2) is 8.08. The van der Waals surface area contributed by atoms with Crippen LogP contribution in [0.25, 0.3) is 10.9 Å². The highest BCUT2D eigenvalue weighted by Crippen LogP contribution is 2.27. The number of thioether (sulfide) groups is 1. The van der Waals surface area contributed by atoms with Gasteiger partial charge < -0.3 is 4.74 Å². The molecule has 7 nitrogen and oxygen atoms in total. The molecule has 148 valence electrons. The van der Waals surface area contributed by atoms with E-state index in [-0.39, 0.29) is 23.3 Å². The van der Waals surface area contributed by atoms with E-state index in [1.165, 1.54) is 4.57 Å². The van der Waals surface area contributed by atoms with Gasteiger partial charge in [0.1, 0.15) is 18.2 Å². The zero-order chi connectivity index (χ0) is 20.4. The molecule has 4 rings (SSSR count). The molecule has 2 amide bonds. The quantitative estimate of drug-likeness (QED) is 0.817. The second-order valence-corrected chi connectivity index (χ2v) is 7.94. The molecule has 0 radical (unpaired) electrons. The number of para-hydroxylation sites is 1. The van der Waals surface area contributed by atoms with Crippen molar-refractivity contribution in [2.24, 2.45) is 7.05 Å². The highest BCUT2D eigenvalue weighted by atomic mass is 32.2. The van der Waals surface area contributed by atoms with Crippen LogP contribution in [0, 0.1) is 0 Å². The SMILES string of the molecule is Cn1c(COC2=CC=C(CC3SC(=O)NC3=O)C=CC2)nc2ccccc2c1=O. The number of hydrogen-bond acceptors (Lipinski definition) is 6. The first-order chi connectivity index (χ1) is 14.0. The van der Waals surface area contributed by atoms with Gasteiger partial charge in [-0.2, -0.15) is 0 Å². The Morgan fingerprint density at radius 1 is 1.24 bits per heavy atom. The Kier molecular flexibility index (Phi) is 5.35. The summed E-state index contributed by atoms with van der Waals surface area (Å²) in [6.45, 7) is 0.175. The van der Waals surface area contributed by atoms with Crippen molar-refractivity contribution in [2.45, 2.75) is 24.7 Å². The van der Waals surface area contributed by atoms with Crippen molar-refractivity contribution in [2.75, 3.05) is 0 Å². The summed E-state index contributed by atoms with van der Waals surface area (Å²) in [7, 11) is 1.69. The Morgan fingerprint density at radius 3 is 2.86 bits per heavy atom. The van der Waals surface area contributed by atoms with Crippen LogP contribution in [0.4, 0.5) is 4.79 Å². The predicted molar refractivity (Wildman–Crippen MR) is 111 cm³/mol. The minimum atomic E-state index is -0.398. The van der Waals surface area contributed by atoms with Crippen molar-refractivity contribution < 1.29 is 14.3 Å². The third-order valence-corrected chi connectivity index (χ3v) is 5.77. The van der Waals surface area contributed by atoms with E-state index in [4.69, 9.17) is 4.74 Å². The molecule has 29 heavy (non-hydrogen) atoms. The van der Waals surface area contributed by atoms with Gasteiger partial charge in [0.25, 0.3) is 10.8 Å². The van der Waals surface area contributed by atoms with Crippen molar-refractivity contribution in [1.29, 1.82) is 0 Å². The number of imide groups is 1. The molecule has 0 spiro atoms. The summed E-state index contributed by atoms with van der Waals surface area (Å²) in [5, 5.41) is 2.18. The molecule has 1 fully saturated rings. The van der Waals surface area contributed by atoms with Crippen LogP contribution in [0.3, 0.4) is 0 Å². The van der Waals surface area contributed by atoms with Gasteiger partial charge in [-0.3, -0.25) is 24.3 Å². The molecule has 1 saturated heterocycles. The highest BCUT2D eigenvalue weighted by Gasteiger charge is 2.31. The number of benzene rings is 1. The number of carbonyl (C=O) groups excluding carboxylic acids is 2. The third-order valence-electron chi connectivity index (χ3n) is 4.78. The summed E-state index contributed by atoms with van der Waals surface area (Å²) in [5.74, 6) is 1.03. The van der Waals surface area contributed by atoms with Gasteiger partial charge in [0.15, 0.2) is 0 Å².